The van der Waals surface area contributed by atoms with Crippen LogP contribution in [0.1, 0.15) is 57.4 Å². The third-order valence-electron chi connectivity index (χ3n) is 4.10. The molecule has 130 valence electrons. The molecule has 1 aliphatic heterocycles. The lowest BCUT2D eigenvalue weighted by Gasteiger charge is -2.24. The smallest absolute Gasteiger partial charge is 0.303 e. The molecule has 1 saturated heterocycles. The van der Waals surface area contributed by atoms with Crippen molar-refractivity contribution in [2.45, 2.75) is 51.9 Å². The van der Waals surface area contributed by atoms with Crippen molar-refractivity contribution in [3.8, 4) is 0 Å². The Morgan fingerprint density at radius 2 is 2.04 bits per heavy atom. The van der Waals surface area contributed by atoms with E-state index < -0.39 is 11.8 Å². The van der Waals surface area contributed by atoms with Gasteiger partial charge in [0, 0.05) is 13.2 Å². The molecule has 1 aliphatic rings. The normalized spacial score (nSPS) is 16.3. The second-order valence-corrected chi connectivity index (χ2v) is 6.01. The summed E-state index contributed by atoms with van der Waals surface area (Å²) in [6.07, 6.45) is 3.76. The fourth-order valence-corrected chi connectivity index (χ4v) is 2.95. The minimum Gasteiger partial charge on any atom is -0.481 e. The molecular weight excluding hydrogens is 319 g/mol. The Hall–Kier alpha value is -1.13. The lowest BCUT2D eigenvalue weighted by atomic mass is 9.85. The summed E-state index contributed by atoms with van der Waals surface area (Å²) in [6.45, 7) is 5.56. The molecule has 1 aromatic carbocycles. The summed E-state index contributed by atoms with van der Waals surface area (Å²) in [5.74, 6) is -0.942. The molecule has 3 nitrogen and oxygen atoms in total. The van der Waals surface area contributed by atoms with Crippen molar-refractivity contribution in [3.63, 3.8) is 0 Å². The lowest BCUT2D eigenvalue weighted by Crippen LogP contribution is -2.17. The number of benzene rings is 1. The largest absolute Gasteiger partial charge is 0.481 e. The van der Waals surface area contributed by atoms with Crippen LogP contribution in [0, 0.1) is 11.7 Å². The number of aliphatic carboxylic acids is 1. The maximum atomic E-state index is 13.6. The summed E-state index contributed by atoms with van der Waals surface area (Å²) in [4.78, 5) is 11.0. The predicted molar refractivity (Wildman–Crippen MR) is 90.5 cm³/mol. The van der Waals surface area contributed by atoms with Gasteiger partial charge in [-0.25, -0.2) is 4.39 Å². The van der Waals surface area contributed by atoms with Crippen molar-refractivity contribution < 1.29 is 19.0 Å². The second-order valence-electron chi connectivity index (χ2n) is 5.60. The van der Waals surface area contributed by atoms with Crippen LogP contribution in [0.5, 0.6) is 0 Å². The number of hydrogen-bond acceptors (Lipinski definition) is 2. The van der Waals surface area contributed by atoms with Crippen molar-refractivity contribution in [2.75, 3.05) is 13.2 Å². The monoisotopic (exact) mass is 344 g/mol. The predicted octanol–water partition coefficient (Wildman–Crippen LogP) is 5.27. The van der Waals surface area contributed by atoms with Gasteiger partial charge in [0.25, 0.3) is 0 Å². The highest BCUT2D eigenvalue weighted by molar-refractivity contribution is 6.30. The van der Waals surface area contributed by atoms with E-state index in [1.165, 1.54) is 12.1 Å². The lowest BCUT2D eigenvalue weighted by molar-refractivity contribution is -0.137. The first-order chi connectivity index (χ1) is 11.1. The molecule has 0 unspecified atom stereocenters. The molecule has 1 N–H and O–H groups in total. The summed E-state index contributed by atoms with van der Waals surface area (Å²) in [7, 11) is 0. The quantitative estimate of drug-likeness (QED) is 0.764. The molecular formula is C18H26ClFO3. The van der Waals surface area contributed by atoms with E-state index in [0.717, 1.165) is 38.9 Å². The van der Waals surface area contributed by atoms with Crippen LogP contribution < -0.4 is 0 Å². The standard InChI is InChI=1S/C16H20ClFO3.C2H6/c17-14-4-3-12(9-15(14)18)13(10-16(19)20)2-1-11-5-7-21-8-6-11;1-2/h3-4,9,11,13H,1-2,5-8,10H2,(H,19,20);1-2H3/t13-;/m0./s1. The van der Waals surface area contributed by atoms with Gasteiger partial charge in [0.1, 0.15) is 5.82 Å². The van der Waals surface area contributed by atoms with Crippen LogP contribution in [-0.4, -0.2) is 24.3 Å². The highest BCUT2D eigenvalue weighted by Crippen LogP contribution is 2.31. The van der Waals surface area contributed by atoms with Crippen LogP contribution in [0.2, 0.25) is 5.02 Å². The molecule has 1 atom stereocenters. The topological polar surface area (TPSA) is 46.5 Å². The zero-order valence-electron chi connectivity index (χ0n) is 13.9. The average molecular weight is 345 g/mol. The van der Waals surface area contributed by atoms with Gasteiger partial charge in [-0.15, -0.1) is 0 Å². The van der Waals surface area contributed by atoms with E-state index in [1.807, 2.05) is 13.8 Å². The maximum absolute atomic E-state index is 13.6. The summed E-state index contributed by atoms with van der Waals surface area (Å²) < 4.78 is 18.9. The van der Waals surface area contributed by atoms with E-state index in [0.29, 0.717) is 11.5 Å². The molecule has 0 aromatic heterocycles. The Balaban J connectivity index is 0.00000127. The Morgan fingerprint density at radius 3 is 2.61 bits per heavy atom. The molecule has 0 saturated carbocycles. The fourth-order valence-electron chi connectivity index (χ4n) is 2.84. The van der Waals surface area contributed by atoms with Gasteiger partial charge < -0.3 is 9.84 Å². The number of hydrogen-bond donors (Lipinski definition) is 1. The van der Waals surface area contributed by atoms with Crippen LogP contribution in [-0.2, 0) is 9.53 Å². The van der Waals surface area contributed by atoms with E-state index in [2.05, 4.69) is 0 Å². The van der Waals surface area contributed by atoms with Gasteiger partial charge >= 0.3 is 5.97 Å². The van der Waals surface area contributed by atoms with E-state index in [4.69, 9.17) is 21.4 Å². The van der Waals surface area contributed by atoms with Crippen LogP contribution in [0.15, 0.2) is 18.2 Å². The van der Waals surface area contributed by atoms with Crippen molar-refractivity contribution in [1.29, 1.82) is 0 Å². The summed E-state index contributed by atoms with van der Waals surface area (Å²) in [5, 5.41) is 9.13. The number of carbonyl (C=O) groups is 1. The zero-order chi connectivity index (χ0) is 17.2. The third-order valence-corrected chi connectivity index (χ3v) is 4.41. The molecule has 1 heterocycles. The zero-order valence-corrected chi connectivity index (χ0v) is 14.6. The van der Waals surface area contributed by atoms with Gasteiger partial charge in [0.2, 0.25) is 0 Å². The molecule has 0 aliphatic carbocycles. The van der Waals surface area contributed by atoms with Crippen LogP contribution in [0.4, 0.5) is 4.39 Å². The first kappa shape index (κ1) is 19.9. The summed E-state index contributed by atoms with van der Waals surface area (Å²) in [5.41, 5.74) is 0.714. The number of halogens is 2. The SMILES string of the molecule is CC.O=C(O)C[C@H](CCC1CCOCC1)c1ccc(Cl)c(F)c1. The number of ether oxygens (including phenoxy) is 1. The molecule has 0 bridgehead atoms. The first-order valence-electron chi connectivity index (χ1n) is 8.30. The summed E-state index contributed by atoms with van der Waals surface area (Å²) in [6, 6.07) is 4.58. The van der Waals surface area contributed by atoms with Crippen molar-refractivity contribution in [2.24, 2.45) is 5.92 Å². The van der Waals surface area contributed by atoms with Gasteiger partial charge in [-0.3, -0.25) is 4.79 Å². The van der Waals surface area contributed by atoms with Gasteiger partial charge in [0.15, 0.2) is 0 Å². The second kappa shape index (κ2) is 10.6. The van der Waals surface area contributed by atoms with E-state index >= 15 is 0 Å². The third kappa shape index (κ3) is 6.88. The number of carboxylic acid groups (broad SMARTS) is 1. The van der Waals surface area contributed by atoms with Crippen LogP contribution in [0.25, 0.3) is 0 Å². The molecule has 0 radical (unpaired) electrons. The molecule has 0 amide bonds. The summed E-state index contributed by atoms with van der Waals surface area (Å²) >= 11 is 5.68. The van der Waals surface area contributed by atoms with Crippen molar-refractivity contribution in [1.82, 2.24) is 0 Å². The molecule has 1 fully saturated rings. The Bertz CT molecular complexity index is 487. The molecule has 2 rings (SSSR count). The van der Waals surface area contributed by atoms with Gasteiger partial charge in [-0.2, -0.15) is 0 Å². The molecule has 5 heteroatoms. The molecule has 0 spiro atoms. The minimum absolute atomic E-state index is 0.0181. The molecule has 1 aromatic rings. The Labute approximate surface area is 142 Å². The van der Waals surface area contributed by atoms with Crippen LogP contribution in [0.3, 0.4) is 0 Å². The van der Waals surface area contributed by atoms with Gasteiger partial charge in [0.05, 0.1) is 11.4 Å². The van der Waals surface area contributed by atoms with Gasteiger partial charge in [-0.1, -0.05) is 31.5 Å². The van der Waals surface area contributed by atoms with E-state index in [-0.39, 0.29) is 17.4 Å². The van der Waals surface area contributed by atoms with Crippen molar-refractivity contribution in [3.05, 3.63) is 34.6 Å². The van der Waals surface area contributed by atoms with E-state index in [9.17, 15) is 9.18 Å². The minimum atomic E-state index is -0.859. The Kier molecular flexibility index (Phi) is 9.19. The van der Waals surface area contributed by atoms with Crippen molar-refractivity contribution >= 4 is 17.6 Å². The maximum Gasteiger partial charge on any atom is 0.303 e. The van der Waals surface area contributed by atoms with E-state index in [1.54, 1.807) is 6.07 Å². The molecule has 23 heavy (non-hydrogen) atoms. The Morgan fingerprint density at radius 1 is 1.39 bits per heavy atom. The fraction of sp³-hybridized carbons (Fsp3) is 0.611. The first-order valence-corrected chi connectivity index (χ1v) is 8.68. The highest BCUT2D eigenvalue weighted by atomic mass is 35.5. The highest BCUT2D eigenvalue weighted by Gasteiger charge is 2.20. The van der Waals surface area contributed by atoms with Gasteiger partial charge in [-0.05, 0) is 55.2 Å². The number of rotatable bonds is 6. The van der Waals surface area contributed by atoms with Crippen LogP contribution >= 0.6 is 11.6 Å². The average Bonchev–Trinajstić information content (AvgIpc) is 2.56. The number of carboxylic acids is 1.